The molecule has 0 unspecified atom stereocenters. The molecule has 2 aromatic carbocycles. The Labute approximate surface area is 111 Å². The summed E-state index contributed by atoms with van der Waals surface area (Å²) in [6, 6.07) is 14.5. The zero-order valence-electron chi connectivity index (χ0n) is 9.69. The van der Waals surface area contributed by atoms with Crippen molar-refractivity contribution in [3.8, 4) is 0 Å². The summed E-state index contributed by atoms with van der Waals surface area (Å²) >= 11 is 5.97. The minimum absolute atomic E-state index is 0.205. The summed E-state index contributed by atoms with van der Waals surface area (Å²) in [6.45, 7) is 0.473. The van der Waals surface area contributed by atoms with E-state index < -0.39 is 0 Å². The highest BCUT2D eigenvalue weighted by molar-refractivity contribution is 6.34. The summed E-state index contributed by atoms with van der Waals surface area (Å²) < 4.78 is 0. The van der Waals surface area contributed by atoms with E-state index in [1.54, 1.807) is 18.2 Å². The van der Waals surface area contributed by atoms with E-state index >= 15 is 0 Å². The van der Waals surface area contributed by atoms with Gasteiger partial charge in [-0.15, -0.1) is 0 Å². The summed E-state index contributed by atoms with van der Waals surface area (Å²) in [5.41, 5.74) is 7.59. The van der Waals surface area contributed by atoms with E-state index in [1.807, 2.05) is 30.3 Å². The van der Waals surface area contributed by atoms with Crippen LogP contribution in [-0.4, -0.2) is 5.91 Å². The van der Waals surface area contributed by atoms with Crippen LogP contribution in [-0.2, 0) is 6.54 Å². The molecule has 2 aromatic rings. The van der Waals surface area contributed by atoms with Gasteiger partial charge in [-0.1, -0.05) is 41.9 Å². The maximum absolute atomic E-state index is 11.9. The molecule has 2 rings (SSSR count). The second kappa shape index (κ2) is 5.56. The van der Waals surface area contributed by atoms with Crippen molar-refractivity contribution in [3.63, 3.8) is 0 Å². The number of benzene rings is 2. The van der Waals surface area contributed by atoms with Gasteiger partial charge in [-0.25, -0.2) is 0 Å². The number of hydrogen-bond donors (Lipinski definition) is 2. The lowest BCUT2D eigenvalue weighted by molar-refractivity contribution is 0.0951. The van der Waals surface area contributed by atoms with Crippen molar-refractivity contribution < 1.29 is 4.79 Å². The van der Waals surface area contributed by atoms with Crippen LogP contribution in [0.2, 0.25) is 5.02 Å². The lowest BCUT2D eigenvalue weighted by atomic mass is 10.2. The number of anilines is 1. The molecule has 0 atom stereocenters. The van der Waals surface area contributed by atoms with Crippen LogP contribution in [0.1, 0.15) is 15.9 Å². The molecule has 0 aromatic heterocycles. The highest BCUT2D eigenvalue weighted by Gasteiger charge is 2.09. The number of nitrogens with two attached hydrogens (primary N) is 1. The van der Waals surface area contributed by atoms with Gasteiger partial charge in [-0.2, -0.15) is 0 Å². The van der Waals surface area contributed by atoms with E-state index in [4.69, 9.17) is 17.3 Å². The van der Waals surface area contributed by atoms with Gasteiger partial charge in [0.1, 0.15) is 0 Å². The Balaban J connectivity index is 2.04. The van der Waals surface area contributed by atoms with E-state index in [9.17, 15) is 4.79 Å². The highest BCUT2D eigenvalue weighted by atomic mass is 35.5. The van der Waals surface area contributed by atoms with Crippen LogP contribution in [0.3, 0.4) is 0 Å². The van der Waals surface area contributed by atoms with Crippen molar-refractivity contribution in [2.75, 3.05) is 5.73 Å². The Morgan fingerprint density at radius 3 is 2.56 bits per heavy atom. The molecule has 3 N–H and O–H groups in total. The van der Waals surface area contributed by atoms with Crippen molar-refractivity contribution >= 4 is 23.2 Å². The first-order valence-corrected chi connectivity index (χ1v) is 5.92. The maximum atomic E-state index is 11.9. The number of nitrogens with one attached hydrogen (secondary N) is 1. The fourth-order valence-corrected chi connectivity index (χ4v) is 1.86. The summed E-state index contributed by atoms with van der Waals surface area (Å²) in [6.07, 6.45) is 0. The molecular formula is C14H13ClN2O. The molecule has 0 aliphatic rings. The molecule has 4 heteroatoms. The molecule has 0 bridgehead atoms. The summed E-state index contributed by atoms with van der Waals surface area (Å²) in [7, 11) is 0. The molecule has 0 aliphatic carbocycles. The first kappa shape index (κ1) is 12.5. The van der Waals surface area contributed by atoms with Crippen LogP contribution in [0, 0.1) is 0 Å². The second-order valence-electron chi connectivity index (χ2n) is 3.91. The van der Waals surface area contributed by atoms with Crippen molar-refractivity contribution in [3.05, 3.63) is 64.7 Å². The first-order valence-electron chi connectivity index (χ1n) is 5.54. The predicted octanol–water partition coefficient (Wildman–Crippen LogP) is 2.85. The first-order chi connectivity index (χ1) is 8.66. The summed E-state index contributed by atoms with van der Waals surface area (Å²) in [4.78, 5) is 11.9. The Bertz CT molecular complexity index is 555. The fraction of sp³-hybridized carbons (Fsp3) is 0.0714. The Kier molecular flexibility index (Phi) is 3.85. The third kappa shape index (κ3) is 3.02. The minimum Gasteiger partial charge on any atom is -0.399 e. The van der Waals surface area contributed by atoms with Crippen molar-refractivity contribution in [2.24, 2.45) is 0 Å². The van der Waals surface area contributed by atoms with E-state index in [2.05, 4.69) is 5.32 Å². The molecule has 0 aliphatic heterocycles. The molecule has 0 fully saturated rings. The largest absolute Gasteiger partial charge is 0.399 e. The number of rotatable bonds is 3. The molecule has 92 valence electrons. The number of amides is 1. The Morgan fingerprint density at radius 1 is 1.17 bits per heavy atom. The average Bonchev–Trinajstić information content (AvgIpc) is 2.37. The van der Waals surface area contributed by atoms with Gasteiger partial charge in [0.25, 0.3) is 5.91 Å². The third-order valence-corrected chi connectivity index (χ3v) is 2.85. The van der Waals surface area contributed by atoms with E-state index in [-0.39, 0.29) is 5.91 Å². The molecule has 1 amide bonds. The number of carbonyl (C=O) groups excluding carboxylic acids is 1. The molecule has 0 saturated heterocycles. The molecule has 0 heterocycles. The molecular weight excluding hydrogens is 248 g/mol. The number of carbonyl (C=O) groups is 1. The van der Waals surface area contributed by atoms with Crippen molar-refractivity contribution in [2.45, 2.75) is 6.54 Å². The average molecular weight is 261 g/mol. The van der Waals surface area contributed by atoms with Gasteiger partial charge in [0.05, 0.1) is 10.6 Å². The topological polar surface area (TPSA) is 55.1 Å². The van der Waals surface area contributed by atoms with Crippen LogP contribution in [0.15, 0.2) is 48.5 Å². The number of halogens is 1. The third-order valence-electron chi connectivity index (χ3n) is 2.53. The Morgan fingerprint density at radius 2 is 1.89 bits per heavy atom. The standard InChI is InChI=1S/C14H13ClN2O/c15-13-8-11(16)6-7-12(13)14(18)17-9-10-4-2-1-3-5-10/h1-8H,9,16H2,(H,17,18). The van der Waals surface area contributed by atoms with Crippen LogP contribution in [0.25, 0.3) is 0 Å². The van der Waals surface area contributed by atoms with Gasteiger partial charge in [-0.3, -0.25) is 4.79 Å². The normalized spacial score (nSPS) is 10.1. The fourth-order valence-electron chi connectivity index (χ4n) is 1.59. The van der Waals surface area contributed by atoms with Crippen LogP contribution in [0.5, 0.6) is 0 Å². The quantitative estimate of drug-likeness (QED) is 0.834. The van der Waals surface area contributed by atoms with Crippen molar-refractivity contribution in [1.29, 1.82) is 0 Å². The van der Waals surface area contributed by atoms with Crippen LogP contribution >= 0.6 is 11.6 Å². The monoisotopic (exact) mass is 260 g/mol. The lowest BCUT2D eigenvalue weighted by Crippen LogP contribution is -2.23. The molecule has 0 saturated carbocycles. The van der Waals surface area contributed by atoms with E-state index in [0.717, 1.165) is 5.56 Å². The predicted molar refractivity (Wildman–Crippen MR) is 73.5 cm³/mol. The van der Waals surface area contributed by atoms with Gasteiger partial charge in [0.15, 0.2) is 0 Å². The summed E-state index contributed by atoms with van der Waals surface area (Å²) in [5, 5.41) is 3.17. The number of hydrogen-bond acceptors (Lipinski definition) is 2. The summed E-state index contributed by atoms with van der Waals surface area (Å²) in [5.74, 6) is -0.205. The second-order valence-corrected chi connectivity index (χ2v) is 4.31. The number of nitrogen functional groups attached to an aromatic ring is 1. The zero-order chi connectivity index (χ0) is 13.0. The minimum atomic E-state index is -0.205. The van der Waals surface area contributed by atoms with Gasteiger partial charge in [-0.05, 0) is 23.8 Å². The van der Waals surface area contributed by atoms with Gasteiger partial charge in [0.2, 0.25) is 0 Å². The van der Waals surface area contributed by atoms with Gasteiger partial charge >= 0.3 is 0 Å². The maximum Gasteiger partial charge on any atom is 0.253 e. The highest BCUT2D eigenvalue weighted by Crippen LogP contribution is 2.19. The molecule has 3 nitrogen and oxygen atoms in total. The SMILES string of the molecule is Nc1ccc(C(=O)NCc2ccccc2)c(Cl)c1. The van der Waals surface area contributed by atoms with E-state index in [1.165, 1.54) is 0 Å². The molecule has 0 spiro atoms. The van der Waals surface area contributed by atoms with E-state index in [0.29, 0.717) is 22.8 Å². The lowest BCUT2D eigenvalue weighted by Gasteiger charge is -2.07. The van der Waals surface area contributed by atoms with Crippen LogP contribution in [0.4, 0.5) is 5.69 Å². The zero-order valence-corrected chi connectivity index (χ0v) is 10.4. The smallest absolute Gasteiger partial charge is 0.253 e. The van der Waals surface area contributed by atoms with Gasteiger partial charge < -0.3 is 11.1 Å². The van der Waals surface area contributed by atoms with Crippen LogP contribution < -0.4 is 11.1 Å². The molecule has 18 heavy (non-hydrogen) atoms. The van der Waals surface area contributed by atoms with Crippen molar-refractivity contribution in [1.82, 2.24) is 5.32 Å². The Hall–Kier alpha value is -2.00. The van der Waals surface area contributed by atoms with Gasteiger partial charge in [0, 0.05) is 12.2 Å². The molecule has 0 radical (unpaired) electrons.